The molecule has 0 atom stereocenters. The van der Waals surface area contributed by atoms with E-state index in [0.717, 1.165) is 0 Å². The summed E-state index contributed by atoms with van der Waals surface area (Å²) in [6.45, 7) is 0. The van der Waals surface area contributed by atoms with Crippen molar-refractivity contribution in [3.8, 4) is 5.75 Å². The number of nitro benzene ring substituents is 1. The smallest absolute Gasteiger partial charge is 0.350 e. The highest BCUT2D eigenvalue weighted by atomic mass is 35.5. The van der Waals surface area contributed by atoms with Crippen LogP contribution in [-0.2, 0) is 9.59 Å². The van der Waals surface area contributed by atoms with Crippen LogP contribution in [0.4, 0.5) is 11.4 Å². The lowest BCUT2D eigenvalue weighted by Crippen LogP contribution is -2.32. The number of carbonyl (C=O) groups is 3. The van der Waals surface area contributed by atoms with Crippen LogP contribution >= 0.6 is 11.6 Å². The Kier molecular flexibility index (Phi) is 7.45. The van der Waals surface area contributed by atoms with Crippen LogP contribution in [0.2, 0.25) is 5.02 Å². The SMILES string of the molecule is O=C(NN=Cc1cccc(OC(=O)c2ccccc2[N+](=O)[O-])c1)C(=O)Nc1ccccc1Cl. The van der Waals surface area contributed by atoms with Crippen molar-refractivity contribution in [1.29, 1.82) is 0 Å². The lowest BCUT2D eigenvalue weighted by Gasteiger charge is -2.06. The number of halogens is 1. The van der Waals surface area contributed by atoms with E-state index in [9.17, 15) is 24.5 Å². The first-order valence-corrected chi connectivity index (χ1v) is 9.67. The molecule has 0 unspecified atom stereocenters. The highest BCUT2D eigenvalue weighted by molar-refractivity contribution is 6.41. The summed E-state index contributed by atoms with van der Waals surface area (Å²) in [4.78, 5) is 46.6. The minimum atomic E-state index is -1.02. The molecular weight excluding hydrogens is 452 g/mol. The maximum absolute atomic E-state index is 12.3. The third kappa shape index (κ3) is 6.21. The molecule has 0 aliphatic heterocycles. The zero-order valence-electron chi connectivity index (χ0n) is 16.7. The van der Waals surface area contributed by atoms with Gasteiger partial charge in [0.25, 0.3) is 5.69 Å². The maximum Gasteiger partial charge on any atom is 0.350 e. The van der Waals surface area contributed by atoms with Crippen molar-refractivity contribution in [3.63, 3.8) is 0 Å². The Bertz CT molecular complexity index is 1260. The number of nitrogens with one attached hydrogen (secondary N) is 2. The molecule has 11 heteroatoms. The Hall–Kier alpha value is -4.57. The lowest BCUT2D eigenvalue weighted by molar-refractivity contribution is -0.385. The molecule has 3 aromatic carbocycles. The maximum atomic E-state index is 12.3. The van der Waals surface area contributed by atoms with E-state index < -0.39 is 22.7 Å². The van der Waals surface area contributed by atoms with Crippen molar-refractivity contribution >= 4 is 47.0 Å². The molecule has 0 radical (unpaired) electrons. The van der Waals surface area contributed by atoms with Crippen LogP contribution in [0.1, 0.15) is 15.9 Å². The van der Waals surface area contributed by atoms with Crippen LogP contribution in [0.3, 0.4) is 0 Å². The van der Waals surface area contributed by atoms with Gasteiger partial charge in [0.1, 0.15) is 11.3 Å². The second kappa shape index (κ2) is 10.6. The van der Waals surface area contributed by atoms with E-state index >= 15 is 0 Å². The van der Waals surface area contributed by atoms with Crippen LogP contribution in [0.15, 0.2) is 77.9 Å². The molecule has 0 aromatic heterocycles. The van der Waals surface area contributed by atoms with E-state index in [2.05, 4.69) is 15.8 Å². The topological polar surface area (TPSA) is 140 Å². The molecule has 0 aliphatic carbocycles. The first-order valence-electron chi connectivity index (χ1n) is 9.29. The predicted molar refractivity (Wildman–Crippen MR) is 120 cm³/mol. The number of nitrogens with zero attached hydrogens (tertiary/aromatic N) is 2. The molecule has 3 rings (SSSR count). The van der Waals surface area contributed by atoms with E-state index in [0.29, 0.717) is 5.56 Å². The molecule has 0 fully saturated rings. The Morgan fingerprint density at radius 1 is 0.970 bits per heavy atom. The highest BCUT2D eigenvalue weighted by Gasteiger charge is 2.21. The minimum absolute atomic E-state index is 0.102. The minimum Gasteiger partial charge on any atom is -0.423 e. The predicted octanol–water partition coefficient (Wildman–Crippen LogP) is 3.56. The van der Waals surface area contributed by atoms with Gasteiger partial charge in [-0.25, -0.2) is 10.2 Å². The van der Waals surface area contributed by atoms with Gasteiger partial charge in [-0.05, 0) is 35.9 Å². The average Bonchev–Trinajstić information content (AvgIpc) is 2.80. The van der Waals surface area contributed by atoms with Gasteiger partial charge in [-0.15, -0.1) is 0 Å². The standard InChI is InChI=1S/C22H15ClN4O6/c23-17-9-2-3-10-18(17)25-20(28)21(29)26-24-13-14-6-5-7-15(12-14)33-22(30)16-8-1-4-11-19(16)27(31)32/h1-13H,(H,25,28)(H,26,29). The zero-order chi connectivity index (χ0) is 23.8. The van der Waals surface area contributed by atoms with Gasteiger partial charge >= 0.3 is 17.8 Å². The summed E-state index contributed by atoms with van der Waals surface area (Å²) in [5.41, 5.74) is 2.20. The number of esters is 1. The van der Waals surface area contributed by atoms with Crippen LogP contribution in [0.25, 0.3) is 0 Å². The van der Waals surface area contributed by atoms with Crippen molar-refractivity contribution in [3.05, 3.63) is 99.1 Å². The number of nitro groups is 1. The molecule has 0 aliphatic rings. The molecule has 0 saturated carbocycles. The molecule has 166 valence electrons. The third-order valence-corrected chi connectivity index (χ3v) is 4.43. The first kappa shape index (κ1) is 23.1. The van der Waals surface area contributed by atoms with Gasteiger partial charge in [-0.3, -0.25) is 19.7 Å². The fraction of sp³-hybridized carbons (Fsp3) is 0. The van der Waals surface area contributed by atoms with Gasteiger partial charge < -0.3 is 10.1 Å². The Morgan fingerprint density at radius 3 is 2.45 bits per heavy atom. The summed E-state index contributed by atoms with van der Waals surface area (Å²) in [6, 6.07) is 17.9. The normalized spacial score (nSPS) is 10.5. The molecule has 33 heavy (non-hydrogen) atoms. The quantitative estimate of drug-likeness (QED) is 0.142. The van der Waals surface area contributed by atoms with Gasteiger partial charge in [-0.1, -0.05) is 48.0 Å². The van der Waals surface area contributed by atoms with Crippen LogP contribution < -0.4 is 15.5 Å². The monoisotopic (exact) mass is 466 g/mol. The van der Waals surface area contributed by atoms with Crippen molar-refractivity contribution < 1.29 is 24.0 Å². The first-order chi connectivity index (χ1) is 15.8. The number of anilines is 1. The molecule has 0 spiro atoms. The van der Waals surface area contributed by atoms with Gasteiger partial charge in [0.15, 0.2) is 0 Å². The second-order valence-corrected chi connectivity index (χ2v) is 6.78. The average molecular weight is 467 g/mol. The van der Waals surface area contributed by atoms with Crippen molar-refractivity contribution in [2.75, 3.05) is 5.32 Å². The Morgan fingerprint density at radius 2 is 1.70 bits per heavy atom. The van der Waals surface area contributed by atoms with Gasteiger partial charge in [-0.2, -0.15) is 5.10 Å². The van der Waals surface area contributed by atoms with Crippen LogP contribution in [0.5, 0.6) is 5.75 Å². The third-order valence-electron chi connectivity index (χ3n) is 4.10. The van der Waals surface area contributed by atoms with Crippen molar-refractivity contribution in [1.82, 2.24) is 5.43 Å². The van der Waals surface area contributed by atoms with E-state index in [4.69, 9.17) is 16.3 Å². The second-order valence-electron chi connectivity index (χ2n) is 6.37. The van der Waals surface area contributed by atoms with Gasteiger partial charge in [0, 0.05) is 6.07 Å². The summed E-state index contributed by atoms with van der Waals surface area (Å²) in [7, 11) is 0. The summed E-state index contributed by atoms with van der Waals surface area (Å²) < 4.78 is 5.21. The Labute approximate surface area is 192 Å². The fourth-order valence-corrected chi connectivity index (χ4v) is 2.77. The fourth-order valence-electron chi connectivity index (χ4n) is 2.58. The molecule has 2 amide bonds. The Balaban J connectivity index is 1.61. The number of para-hydroxylation sites is 2. The van der Waals surface area contributed by atoms with Crippen molar-refractivity contribution in [2.45, 2.75) is 0 Å². The van der Waals surface area contributed by atoms with Gasteiger partial charge in [0.05, 0.1) is 21.8 Å². The molecular formula is C22H15ClN4O6. The molecule has 0 saturated heterocycles. The number of carbonyl (C=O) groups excluding carboxylic acids is 3. The number of benzene rings is 3. The summed E-state index contributed by atoms with van der Waals surface area (Å²) in [5.74, 6) is -2.79. The number of hydrogen-bond donors (Lipinski definition) is 2. The molecule has 2 N–H and O–H groups in total. The number of amides is 2. The number of ether oxygens (including phenoxy) is 1. The van der Waals surface area contributed by atoms with Crippen LogP contribution in [0, 0.1) is 10.1 Å². The van der Waals surface area contributed by atoms with E-state index in [-0.39, 0.29) is 27.7 Å². The van der Waals surface area contributed by atoms with Crippen molar-refractivity contribution in [2.24, 2.45) is 5.10 Å². The van der Waals surface area contributed by atoms with E-state index in [1.165, 1.54) is 48.7 Å². The number of hydrogen-bond acceptors (Lipinski definition) is 7. The summed E-state index contributed by atoms with van der Waals surface area (Å²) >= 11 is 5.93. The lowest BCUT2D eigenvalue weighted by atomic mass is 10.2. The number of hydrazone groups is 1. The summed E-state index contributed by atoms with van der Waals surface area (Å²) in [5, 5.41) is 17.4. The summed E-state index contributed by atoms with van der Waals surface area (Å²) in [6.07, 6.45) is 1.23. The van der Waals surface area contributed by atoms with E-state index in [1.807, 2.05) is 0 Å². The van der Waals surface area contributed by atoms with Crippen LogP contribution in [-0.4, -0.2) is 28.9 Å². The van der Waals surface area contributed by atoms with E-state index in [1.54, 1.807) is 30.3 Å². The molecule has 0 heterocycles. The highest BCUT2D eigenvalue weighted by Crippen LogP contribution is 2.21. The van der Waals surface area contributed by atoms with Gasteiger partial charge in [0.2, 0.25) is 0 Å². The molecule has 0 bridgehead atoms. The molecule has 10 nitrogen and oxygen atoms in total. The zero-order valence-corrected chi connectivity index (χ0v) is 17.5. The number of rotatable bonds is 6. The largest absolute Gasteiger partial charge is 0.423 e. The molecule has 3 aromatic rings.